The van der Waals surface area contributed by atoms with E-state index in [1.807, 2.05) is 0 Å². The van der Waals surface area contributed by atoms with Crippen LogP contribution in [0.25, 0.3) is 6.08 Å². The smallest absolute Gasteiger partial charge is 0.417 e. The number of benzene rings is 1. The molecule has 0 aliphatic heterocycles. The third-order valence-corrected chi connectivity index (χ3v) is 4.68. The molecule has 0 aromatic heterocycles. The summed E-state index contributed by atoms with van der Waals surface area (Å²) in [5.41, 5.74) is -1.85. The molecule has 1 aromatic rings. The first-order valence-electron chi connectivity index (χ1n) is 8.59. The number of alkyl halides is 3. The van der Waals surface area contributed by atoms with Gasteiger partial charge in [0.25, 0.3) is 5.91 Å². The molecule has 1 amide bonds. The predicted octanol–water partition coefficient (Wildman–Crippen LogP) is 4.26. The fraction of sp³-hybridized carbons (Fsp3) is 0.421. The highest BCUT2D eigenvalue weighted by atomic mass is 35.5. The lowest BCUT2D eigenvalue weighted by atomic mass is 9.83. The summed E-state index contributed by atoms with van der Waals surface area (Å²) in [6.07, 6.45) is 1.17. The Hall–Kier alpha value is -2.53. The van der Waals surface area contributed by atoms with Crippen LogP contribution in [0.15, 0.2) is 24.3 Å². The summed E-state index contributed by atoms with van der Waals surface area (Å²) in [6, 6.07) is 5.31. The Kier molecular flexibility index (Phi) is 7.08. The highest BCUT2D eigenvalue weighted by Gasteiger charge is 2.34. The lowest BCUT2D eigenvalue weighted by Gasteiger charge is -2.31. The number of carbonyl (C=O) groups excluding carboxylic acids is 2. The van der Waals surface area contributed by atoms with E-state index in [0.29, 0.717) is 12.8 Å². The average Bonchev–Trinajstić information content (AvgIpc) is 2.65. The summed E-state index contributed by atoms with van der Waals surface area (Å²) < 4.78 is 43.2. The molecule has 9 heteroatoms. The molecule has 0 atom stereocenters. The molecule has 28 heavy (non-hydrogen) atoms. The number of esters is 1. The quantitative estimate of drug-likeness (QED) is 0.576. The Morgan fingerprint density at radius 1 is 1.29 bits per heavy atom. The van der Waals surface area contributed by atoms with Gasteiger partial charge in [-0.05, 0) is 36.6 Å². The third kappa shape index (κ3) is 5.99. The van der Waals surface area contributed by atoms with E-state index in [1.165, 1.54) is 6.07 Å². The van der Waals surface area contributed by atoms with Crippen molar-refractivity contribution in [1.82, 2.24) is 5.32 Å². The summed E-state index contributed by atoms with van der Waals surface area (Å²) >= 11 is 5.53. The van der Waals surface area contributed by atoms with Crippen LogP contribution in [-0.4, -0.2) is 24.0 Å². The van der Waals surface area contributed by atoms with Gasteiger partial charge in [-0.15, -0.1) is 0 Å². The second kappa shape index (κ2) is 9.11. The van der Waals surface area contributed by atoms with Gasteiger partial charge in [0.15, 0.2) is 6.61 Å². The van der Waals surface area contributed by atoms with Crippen molar-refractivity contribution in [3.63, 3.8) is 0 Å². The number of rotatable bonds is 5. The number of ether oxygens (including phenoxy) is 1. The van der Waals surface area contributed by atoms with Gasteiger partial charge < -0.3 is 10.1 Å². The van der Waals surface area contributed by atoms with Crippen LogP contribution >= 0.6 is 11.6 Å². The summed E-state index contributed by atoms with van der Waals surface area (Å²) in [4.78, 5) is 23.7. The van der Waals surface area contributed by atoms with E-state index in [0.717, 1.165) is 43.5 Å². The van der Waals surface area contributed by atoms with Gasteiger partial charge >= 0.3 is 12.1 Å². The van der Waals surface area contributed by atoms with Gasteiger partial charge in [0, 0.05) is 6.08 Å². The third-order valence-electron chi connectivity index (χ3n) is 4.35. The van der Waals surface area contributed by atoms with Crippen LogP contribution in [0.5, 0.6) is 0 Å². The van der Waals surface area contributed by atoms with E-state index in [1.54, 1.807) is 0 Å². The van der Waals surface area contributed by atoms with Crippen molar-refractivity contribution in [3.8, 4) is 6.07 Å². The standard InChI is InChI=1S/C19H18ClF3N2O3/c20-15-6-4-13(10-14(15)19(21,22)23)5-7-17(27)28-11-16(26)25-18(12-24)8-2-1-3-9-18/h4-7,10H,1-3,8-9,11H2,(H,25,26)/b7-5+. The van der Waals surface area contributed by atoms with Crippen molar-refractivity contribution in [2.75, 3.05) is 6.61 Å². The number of halogens is 4. The van der Waals surface area contributed by atoms with Crippen LogP contribution in [0.2, 0.25) is 5.02 Å². The SMILES string of the molecule is N#CC1(NC(=O)COC(=O)/C=C/c2ccc(Cl)c(C(F)(F)F)c2)CCCCC1. The van der Waals surface area contributed by atoms with Crippen LogP contribution in [0.1, 0.15) is 43.2 Å². The second-order valence-electron chi connectivity index (χ2n) is 6.48. The minimum Gasteiger partial charge on any atom is -0.452 e. The Morgan fingerprint density at radius 3 is 2.57 bits per heavy atom. The molecular formula is C19H18ClF3N2O3. The number of amides is 1. The maximum Gasteiger partial charge on any atom is 0.417 e. The van der Waals surface area contributed by atoms with Crippen LogP contribution in [0.4, 0.5) is 13.2 Å². The molecule has 0 saturated heterocycles. The van der Waals surface area contributed by atoms with Gasteiger partial charge in [-0.3, -0.25) is 4.79 Å². The van der Waals surface area contributed by atoms with Crippen LogP contribution in [0, 0.1) is 11.3 Å². The molecule has 0 bridgehead atoms. The highest BCUT2D eigenvalue weighted by Crippen LogP contribution is 2.35. The van der Waals surface area contributed by atoms with Gasteiger partial charge in [-0.2, -0.15) is 18.4 Å². The zero-order valence-electron chi connectivity index (χ0n) is 14.8. The fourth-order valence-corrected chi connectivity index (χ4v) is 3.16. The number of nitrogens with zero attached hydrogens (tertiary/aromatic N) is 1. The minimum absolute atomic E-state index is 0.101. The van der Waals surface area contributed by atoms with Gasteiger partial charge in [-0.25, -0.2) is 4.79 Å². The molecule has 2 rings (SSSR count). The van der Waals surface area contributed by atoms with Gasteiger partial charge in [-0.1, -0.05) is 36.9 Å². The van der Waals surface area contributed by atoms with E-state index in [2.05, 4.69) is 11.4 Å². The monoisotopic (exact) mass is 414 g/mol. The van der Waals surface area contributed by atoms with Gasteiger partial charge in [0.2, 0.25) is 0 Å². The molecule has 1 aliphatic rings. The molecule has 5 nitrogen and oxygen atoms in total. The van der Waals surface area contributed by atoms with Crippen LogP contribution < -0.4 is 5.32 Å². The zero-order valence-corrected chi connectivity index (χ0v) is 15.6. The van der Waals surface area contributed by atoms with Crippen LogP contribution in [-0.2, 0) is 20.5 Å². The normalized spacial score (nSPS) is 16.4. The van der Waals surface area contributed by atoms with E-state index >= 15 is 0 Å². The number of hydrogen-bond donors (Lipinski definition) is 1. The number of nitrogens with one attached hydrogen (secondary N) is 1. The molecule has 0 radical (unpaired) electrons. The molecule has 1 fully saturated rings. The zero-order chi connectivity index (χ0) is 20.8. The molecule has 0 heterocycles. The van der Waals surface area contributed by atoms with Crippen molar-refractivity contribution >= 4 is 29.6 Å². The minimum atomic E-state index is -4.62. The van der Waals surface area contributed by atoms with Crippen molar-refractivity contribution in [1.29, 1.82) is 5.26 Å². The molecule has 1 N–H and O–H groups in total. The van der Waals surface area contributed by atoms with Gasteiger partial charge in [0.1, 0.15) is 5.54 Å². The maximum atomic E-state index is 12.8. The van der Waals surface area contributed by atoms with E-state index in [-0.39, 0.29) is 5.56 Å². The summed E-state index contributed by atoms with van der Waals surface area (Å²) in [5.74, 6) is -1.50. The van der Waals surface area contributed by atoms with Crippen molar-refractivity contribution in [2.45, 2.75) is 43.8 Å². The first kappa shape index (κ1) is 21.8. The van der Waals surface area contributed by atoms with Crippen LogP contribution in [0.3, 0.4) is 0 Å². The largest absolute Gasteiger partial charge is 0.452 e. The van der Waals surface area contributed by atoms with E-state index < -0.39 is 40.8 Å². The Bertz CT molecular complexity index is 810. The summed E-state index contributed by atoms with van der Waals surface area (Å²) in [5, 5.41) is 11.5. The fourth-order valence-electron chi connectivity index (χ4n) is 2.94. The lowest BCUT2D eigenvalue weighted by molar-refractivity contribution is -0.144. The molecule has 1 saturated carbocycles. The van der Waals surface area contributed by atoms with Crippen molar-refractivity contribution in [2.24, 2.45) is 0 Å². The topological polar surface area (TPSA) is 79.2 Å². The number of hydrogen-bond acceptors (Lipinski definition) is 4. The Morgan fingerprint density at radius 2 is 1.96 bits per heavy atom. The molecule has 150 valence electrons. The first-order chi connectivity index (χ1) is 13.1. The van der Waals surface area contributed by atoms with Crippen molar-refractivity contribution < 1.29 is 27.5 Å². The van der Waals surface area contributed by atoms with Gasteiger partial charge in [0.05, 0.1) is 16.7 Å². The lowest BCUT2D eigenvalue weighted by Crippen LogP contribution is -2.49. The maximum absolute atomic E-state index is 12.8. The summed E-state index contributed by atoms with van der Waals surface area (Å²) in [7, 11) is 0. The Labute approximate surface area is 165 Å². The second-order valence-corrected chi connectivity index (χ2v) is 6.89. The highest BCUT2D eigenvalue weighted by molar-refractivity contribution is 6.31. The number of nitriles is 1. The number of carbonyl (C=O) groups is 2. The predicted molar refractivity (Wildman–Crippen MR) is 96.0 cm³/mol. The molecule has 1 aliphatic carbocycles. The Balaban J connectivity index is 1.90. The summed E-state index contributed by atoms with van der Waals surface area (Å²) in [6.45, 7) is -0.582. The van der Waals surface area contributed by atoms with Crippen molar-refractivity contribution in [3.05, 3.63) is 40.4 Å². The average molecular weight is 415 g/mol. The van der Waals surface area contributed by atoms with E-state index in [4.69, 9.17) is 16.3 Å². The van der Waals surface area contributed by atoms with E-state index in [9.17, 15) is 28.0 Å². The first-order valence-corrected chi connectivity index (χ1v) is 8.97. The molecular weight excluding hydrogens is 397 g/mol. The molecule has 1 aromatic carbocycles. The molecule has 0 spiro atoms. The molecule has 0 unspecified atom stereocenters.